The zero-order valence-corrected chi connectivity index (χ0v) is 9.03. The molecule has 0 fully saturated rings. The van der Waals surface area contributed by atoms with Crippen molar-refractivity contribution >= 4 is 11.8 Å². The smallest absolute Gasteiger partial charge is 0.0182 e. The van der Waals surface area contributed by atoms with Crippen molar-refractivity contribution in [3.05, 3.63) is 36.2 Å². The molecule has 1 atom stereocenters. The van der Waals surface area contributed by atoms with E-state index in [1.54, 1.807) is 0 Å². The van der Waals surface area contributed by atoms with Crippen LogP contribution in [0.5, 0.6) is 0 Å². The van der Waals surface area contributed by atoms with Crippen molar-refractivity contribution in [3.63, 3.8) is 0 Å². The summed E-state index contributed by atoms with van der Waals surface area (Å²) in [6, 6.07) is 8.67. The maximum atomic E-state index is 2.37. The normalized spacial score (nSPS) is 26.9. The number of hydrogen-bond donors (Lipinski definition) is 0. The first kappa shape index (κ1) is 9.14. The van der Waals surface area contributed by atoms with Gasteiger partial charge in [0.15, 0.2) is 0 Å². The van der Waals surface area contributed by atoms with Crippen LogP contribution in [0.25, 0.3) is 0 Å². The lowest BCUT2D eigenvalue weighted by atomic mass is 9.97. The van der Waals surface area contributed by atoms with Crippen LogP contribution >= 0.6 is 11.8 Å². The van der Waals surface area contributed by atoms with Gasteiger partial charge < -0.3 is 0 Å². The van der Waals surface area contributed by atoms with Crippen molar-refractivity contribution < 1.29 is 0 Å². The van der Waals surface area contributed by atoms with Crippen LogP contribution in [0.15, 0.2) is 29.2 Å². The summed E-state index contributed by atoms with van der Waals surface area (Å²) in [7, 11) is 0. The lowest BCUT2D eigenvalue weighted by Crippen LogP contribution is -2.22. The highest BCUT2D eigenvalue weighted by Crippen LogP contribution is 2.45. The Morgan fingerprint density at radius 3 is 2.92 bits per heavy atom. The highest BCUT2D eigenvalue weighted by molar-refractivity contribution is 8.00. The topological polar surface area (TPSA) is 0 Å². The maximum absolute atomic E-state index is 2.37. The van der Waals surface area contributed by atoms with Crippen LogP contribution in [0.2, 0.25) is 0 Å². The van der Waals surface area contributed by atoms with E-state index in [1.165, 1.54) is 23.3 Å². The third-order valence-electron chi connectivity index (χ3n) is 2.78. The Morgan fingerprint density at radius 1 is 1.38 bits per heavy atom. The summed E-state index contributed by atoms with van der Waals surface area (Å²) < 4.78 is 0.425. The number of hydrogen-bond acceptors (Lipinski definition) is 1. The van der Waals surface area contributed by atoms with Crippen LogP contribution < -0.4 is 0 Å². The van der Waals surface area contributed by atoms with Gasteiger partial charge in [0.25, 0.3) is 0 Å². The van der Waals surface area contributed by atoms with Gasteiger partial charge in [0, 0.05) is 9.64 Å². The molecule has 0 saturated heterocycles. The summed E-state index contributed by atoms with van der Waals surface area (Å²) >= 11 is 2.03. The zero-order chi connectivity index (χ0) is 9.31. The highest BCUT2D eigenvalue weighted by Gasteiger charge is 2.28. The fraction of sp³-hybridized carbons (Fsp3) is 0.417. The molecule has 1 heteroatoms. The Kier molecular flexibility index (Phi) is 2.37. The van der Waals surface area contributed by atoms with E-state index in [4.69, 9.17) is 0 Å². The van der Waals surface area contributed by atoms with Crippen molar-refractivity contribution in [2.75, 3.05) is 0 Å². The Bertz CT molecular complexity index is 306. The van der Waals surface area contributed by atoms with Gasteiger partial charge in [-0.2, -0.15) is 0 Å². The second-order valence-corrected chi connectivity index (χ2v) is 5.48. The van der Waals surface area contributed by atoms with Gasteiger partial charge in [-0.05, 0) is 30.9 Å². The molecule has 1 aromatic carbocycles. The van der Waals surface area contributed by atoms with E-state index >= 15 is 0 Å². The number of benzene rings is 1. The summed E-state index contributed by atoms with van der Waals surface area (Å²) in [5, 5.41) is 0. The summed E-state index contributed by atoms with van der Waals surface area (Å²) in [6.07, 6.45) is 4.81. The molecule has 0 nitrogen and oxygen atoms in total. The van der Waals surface area contributed by atoms with E-state index in [0.29, 0.717) is 4.75 Å². The van der Waals surface area contributed by atoms with Crippen LogP contribution in [0, 0.1) is 6.42 Å². The van der Waals surface area contributed by atoms with E-state index in [1.807, 2.05) is 11.8 Å². The van der Waals surface area contributed by atoms with E-state index in [2.05, 4.69) is 44.5 Å². The predicted molar refractivity (Wildman–Crippen MR) is 59.0 cm³/mol. The number of fused-ring (bicyclic) bond motifs is 1. The first-order valence-corrected chi connectivity index (χ1v) is 5.66. The molecule has 1 aliphatic rings. The molecule has 13 heavy (non-hydrogen) atoms. The zero-order valence-electron chi connectivity index (χ0n) is 8.21. The van der Waals surface area contributed by atoms with Crippen molar-refractivity contribution in [2.24, 2.45) is 0 Å². The summed E-state index contributed by atoms with van der Waals surface area (Å²) in [5.74, 6) is 0. The molecule has 0 N–H and O–H groups in total. The van der Waals surface area contributed by atoms with E-state index in [-0.39, 0.29) is 0 Å². The van der Waals surface area contributed by atoms with Gasteiger partial charge in [-0.15, -0.1) is 11.8 Å². The summed E-state index contributed by atoms with van der Waals surface area (Å²) in [5.41, 5.74) is 1.42. The average Bonchev–Trinajstić information content (AvgIpc) is 2.18. The Labute approximate surface area is 84.7 Å². The molecule has 0 spiro atoms. The maximum Gasteiger partial charge on any atom is 0.0182 e. The minimum atomic E-state index is 0.425. The monoisotopic (exact) mass is 191 g/mol. The van der Waals surface area contributed by atoms with Crippen molar-refractivity contribution in [1.82, 2.24) is 0 Å². The SMILES string of the molecule is CCC1(C)C[CH]c2ccccc2S1. The minimum Gasteiger partial charge on any atom is -0.119 e. The first-order chi connectivity index (χ1) is 6.23. The largest absolute Gasteiger partial charge is 0.119 e. The van der Waals surface area contributed by atoms with Gasteiger partial charge in [0.2, 0.25) is 0 Å². The molecule has 0 aromatic heterocycles. The fourth-order valence-corrected chi connectivity index (χ4v) is 2.85. The Balaban J connectivity index is 2.29. The molecule has 2 rings (SSSR count). The molecule has 0 bridgehead atoms. The second-order valence-electron chi connectivity index (χ2n) is 3.85. The first-order valence-electron chi connectivity index (χ1n) is 4.85. The van der Waals surface area contributed by atoms with Crippen molar-refractivity contribution in [1.29, 1.82) is 0 Å². The Hall–Kier alpha value is -0.430. The van der Waals surface area contributed by atoms with Crippen LogP contribution in [0.4, 0.5) is 0 Å². The molecular formula is C12H15S. The van der Waals surface area contributed by atoms with Crippen LogP contribution in [-0.2, 0) is 0 Å². The molecule has 1 aliphatic heterocycles. The molecule has 1 heterocycles. The van der Waals surface area contributed by atoms with Crippen LogP contribution in [-0.4, -0.2) is 4.75 Å². The molecule has 0 amide bonds. The van der Waals surface area contributed by atoms with Gasteiger partial charge in [-0.25, -0.2) is 0 Å². The third kappa shape index (κ3) is 1.76. The van der Waals surface area contributed by atoms with E-state index < -0.39 is 0 Å². The molecule has 1 unspecified atom stereocenters. The highest BCUT2D eigenvalue weighted by atomic mass is 32.2. The quantitative estimate of drug-likeness (QED) is 0.648. The molecular weight excluding hydrogens is 176 g/mol. The Morgan fingerprint density at radius 2 is 2.15 bits per heavy atom. The van der Waals surface area contributed by atoms with E-state index in [0.717, 1.165) is 0 Å². The van der Waals surface area contributed by atoms with Gasteiger partial charge >= 0.3 is 0 Å². The molecule has 0 saturated carbocycles. The second kappa shape index (κ2) is 3.38. The van der Waals surface area contributed by atoms with E-state index in [9.17, 15) is 0 Å². The molecule has 69 valence electrons. The third-order valence-corrected chi connectivity index (χ3v) is 4.32. The fourth-order valence-electron chi connectivity index (χ4n) is 1.59. The van der Waals surface area contributed by atoms with Crippen molar-refractivity contribution in [3.8, 4) is 0 Å². The number of thioether (sulfide) groups is 1. The average molecular weight is 191 g/mol. The van der Waals surface area contributed by atoms with Gasteiger partial charge in [0.05, 0.1) is 0 Å². The number of rotatable bonds is 1. The predicted octanol–water partition coefficient (Wildman–Crippen LogP) is 3.90. The minimum absolute atomic E-state index is 0.425. The van der Waals surface area contributed by atoms with Crippen LogP contribution in [0.3, 0.4) is 0 Å². The van der Waals surface area contributed by atoms with Crippen LogP contribution in [0.1, 0.15) is 32.3 Å². The summed E-state index contributed by atoms with van der Waals surface area (Å²) in [4.78, 5) is 1.44. The lowest BCUT2D eigenvalue weighted by Gasteiger charge is -2.32. The van der Waals surface area contributed by atoms with Gasteiger partial charge in [-0.1, -0.05) is 32.0 Å². The lowest BCUT2D eigenvalue weighted by molar-refractivity contribution is 0.605. The standard InChI is InChI=1S/C12H15S/c1-3-12(2)9-8-10-6-4-5-7-11(10)13-12/h4-8H,3,9H2,1-2H3. The van der Waals surface area contributed by atoms with Crippen molar-refractivity contribution in [2.45, 2.75) is 36.3 Å². The van der Waals surface area contributed by atoms with Gasteiger partial charge in [-0.3, -0.25) is 0 Å². The summed E-state index contributed by atoms with van der Waals surface area (Å²) in [6.45, 7) is 4.62. The molecule has 1 aromatic rings. The molecule has 0 aliphatic carbocycles. The molecule has 1 radical (unpaired) electrons. The van der Waals surface area contributed by atoms with Gasteiger partial charge in [0.1, 0.15) is 0 Å².